The zero-order valence-electron chi connectivity index (χ0n) is 10.9. The van der Waals surface area contributed by atoms with Crippen molar-refractivity contribution >= 4 is 0 Å². The summed E-state index contributed by atoms with van der Waals surface area (Å²) in [5.74, 6) is 0.898. The van der Waals surface area contributed by atoms with E-state index in [2.05, 4.69) is 32.7 Å². The number of rotatable bonds is 4. The number of likely N-dealkylation sites (N-methyl/N-ethyl adjacent to an activating group) is 1. The van der Waals surface area contributed by atoms with Gasteiger partial charge >= 0.3 is 0 Å². The lowest BCUT2D eigenvalue weighted by molar-refractivity contribution is 0.0368. The maximum absolute atomic E-state index is 6.04. The van der Waals surface area contributed by atoms with E-state index in [0.717, 1.165) is 12.5 Å². The van der Waals surface area contributed by atoms with E-state index in [1.165, 1.54) is 32.1 Å². The highest BCUT2D eigenvalue weighted by Crippen LogP contribution is 2.36. The van der Waals surface area contributed by atoms with Crippen LogP contribution in [0.1, 0.15) is 52.9 Å². The van der Waals surface area contributed by atoms with Gasteiger partial charge in [-0.2, -0.15) is 0 Å². The molecule has 0 aromatic carbocycles. The number of hydrogen-bond acceptors (Lipinski definition) is 2. The van der Waals surface area contributed by atoms with Crippen molar-refractivity contribution in [3.05, 3.63) is 0 Å². The maximum Gasteiger partial charge on any atom is 0.0331 e. The van der Waals surface area contributed by atoms with Crippen LogP contribution in [0.2, 0.25) is 0 Å². The van der Waals surface area contributed by atoms with Crippen LogP contribution in [0.3, 0.4) is 0 Å². The topological polar surface area (TPSA) is 29.3 Å². The smallest absolute Gasteiger partial charge is 0.0331 e. The standard InChI is InChI=1S/C13H28N2/c1-5-12(3)15(4)13(10-14)8-6-11(2)7-9-13/h11-12H,5-10,14H2,1-4H3. The van der Waals surface area contributed by atoms with Gasteiger partial charge in [0.1, 0.15) is 0 Å². The Balaban J connectivity index is 2.67. The highest BCUT2D eigenvalue weighted by atomic mass is 15.2. The zero-order valence-corrected chi connectivity index (χ0v) is 10.9. The Bertz CT molecular complexity index is 183. The first-order chi connectivity index (χ1) is 7.05. The van der Waals surface area contributed by atoms with Crippen LogP contribution in [-0.4, -0.2) is 30.1 Å². The Hall–Kier alpha value is -0.0800. The van der Waals surface area contributed by atoms with Gasteiger partial charge in [0.15, 0.2) is 0 Å². The number of hydrogen-bond donors (Lipinski definition) is 1. The minimum Gasteiger partial charge on any atom is -0.329 e. The molecule has 90 valence electrons. The first-order valence-electron chi connectivity index (χ1n) is 6.48. The van der Waals surface area contributed by atoms with Gasteiger partial charge in [-0.3, -0.25) is 4.90 Å². The first kappa shape index (κ1) is 13.0. The normalized spacial score (nSPS) is 34.4. The van der Waals surface area contributed by atoms with E-state index in [0.29, 0.717) is 11.6 Å². The van der Waals surface area contributed by atoms with Crippen LogP contribution in [0, 0.1) is 5.92 Å². The van der Waals surface area contributed by atoms with E-state index >= 15 is 0 Å². The molecule has 1 saturated carbocycles. The Labute approximate surface area is 95.2 Å². The van der Waals surface area contributed by atoms with E-state index in [1.807, 2.05) is 0 Å². The molecule has 0 radical (unpaired) electrons. The van der Waals surface area contributed by atoms with Crippen molar-refractivity contribution in [2.45, 2.75) is 64.5 Å². The fraction of sp³-hybridized carbons (Fsp3) is 1.00. The molecule has 15 heavy (non-hydrogen) atoms. The van der Waals surface area contributed by atoms with E-state index in [-0.39, 0.29) is 0 Å². The molecule has 2 N–H and O–H groups in total. The molecule has 0 spiro atoms. The molecule has 0 aromatic rings. The second kappa shape index (κ2) is 5.31. The van der Waals surface area contributed by atoms with Crippen LogP contribution < -0.4 is 5.73 Å². The van der Waals surface area contributed by atoms with Crippen molar-refractivity contribution in [1.82, 2.24) is 4.90 Å². The molecule has 1 aliphatic carbocycles. The molecule has 1 unspecified atom stereocenters. The molecule has 0 amide bonds. The quantitative estimate of drug-likeness (QED) is 0.776. The van der Waals surface area contributed by atoms with Crippen LogP contribution in [0.5, 0.6) is 0 Å². The minimum atomic E-state index is 0.294. The van der Waals surface area contributed by atoms with Crippen molar-refractivity contribution in [3.8, 4) is 0 Å². The summed E-state index contributed by atoms with van der Waals surface area (Å²) in [6.07, 6.45) is 6.47. The van der Waals surface area contributed by atoms with Gasteiger partial charge in [-0.25, -0.2) is 0 Å². The molecule has 1 rings (SSSR count). The van der Waals surface area contributed by atoms with Crippen molar-refractivity contribution in [3.63, 3.8) is 0 Å². The third kappa shape index (κ3) is 2.73. The lowest BCUT2D eigenvalue weighted by Crippen LogP contribution is -2.56. The average molecular weight is 212 g/mol. The summed E-state index contributed by atoms with van der Waals surface area (Å²) in [6, 6.07) is 0.655. The molecule has 0 saturated heterocycles. The molecule has 0 aliphatic heterocycles. The predicted octanol–water partition coefficient (Wildman–Crippen LogP) is 2.62. The van der Waals surface area contributed by atoms with Gasteiger partial charge in [0.25, 0.3) is 0 Å². The average Bonchev–Trinajstić information content (AvgIpc) is 2.28. The van der Waals surface area contributed by atoms with Crippen molar-refractivity contribution in [2.75, 3.05) is 13.6 Å². The Morgan fingerprint density at radius 2 is 1.93 bits per heavy atom. The van der Waals surface area contributed by atoms with E-state index in [4.69, 9.17) is 5.73 Å². The van der Waals surface area contributed by atoms with Crippen molar-refractivity contribution in [2.24, 2.45) is 11.7 Å². The van der Waals surface area contributed by atoms with Gasteiger partial charge in [-0.1, -0.05) is 13.8 Å². The monoisotopic (exact) mass is 212 g/mol. The lowest BCUT2D eigenvalue weighted by atomic mass is 9.75. The summed E-state index contributed by atoms with van der Waals surface area (Å²) in [6.45, 7) is 7.76. The molecule has 2 heteroatoms. The molecular formula is C13H28N2. The van der Waals surface area contributed by atoms with Gasteiger partial charge in [0.05, 0.1) is 0 Å². The summed E-state index contributed by atoms with van der Waals surface area (Å²) in [5, 5.41) is 0. The molecule has 0 bridgehead atoms. The van der Waals surface area contributed by atoms with Crippen LogP contribution >= 0.6 is 0 Å². The molecule has 0 aromatic heterocycles. The summed E-state index contributed by atoms with van der Waals surface area (Å²) >= 11 is 0. The molecular weight excluding hydrogens is 184 g/mol. The minimum absolute atomic E-state index is 0.294. The van der Waals surface area contributed by atoms with E-state index in [1.54, 1.807) is 0 Å². The van der Waals surface area contributed by atoms with Gasteiger partial charge < -0.3 is 5.73 Å². The van der Waals surface area contributed by atoms with Crippen molar-refractivity contribution in [1.29, 1.82) is 0 Å². The maximum atomic E-state index is 6.04. The highest BCUT2D eigenvalue weighted by Gasteiger charge is 2.37. The van der Waals surface area contributed by atoms with Gasteiger partial charge in [-0.05, 0) is 52.0 Å². The fourth-order valence-electron chi connectivity index (χ4n) is 2.74. The van der Waals surface area contributed by atoms with Crippen LogP contribution in [0.15, 0.2) is 0 Å². The Morgan fingerprint density at radius 1 is 1.40 bits per heavy atom. The molecule has 1 aliphatic rings. The predicted molar refractivity (Wildman–Crippen MR) is 66.9 cm³/mol. The number of nitrogens with zero attached hydrogens (tertiary/aromatic N) is 1. The summed E-state index contributed by atoms with van der Waals surface area (Å²) in [4.78, 5) is 2.54. The molecule has 1 atom stereocenters. The van der Waals surface area contributed by atoms with Crippen LogP contribution in [0.25, 0.3) is 0 Å². The SMILES string of the molecule is CCC(C)N(C)C1(CN)CCC(C)CC1. The van der Waals surface area contributed by atoms with Crippen molar-refractivity contribution < 1.29 is 0 Å². The summed E-state index contributed by atoms with van der Waals surface area (Å²) in [7, 11) is 2.26. The molecule has 0 heterocycles. The third-order valence-electron chi connectivity index (χ3n) is 4.59. The van der Waals surface area contributed by atoms with Gasteiger partial charge in [0.2, 0.25) is 0 Å². The second-order valence-electron chi connectivity index (χ2n) is 5.48. The van der Waals surface area contributed by atoms with E-state index in [9.17, 15) is 0 Å². The first-order valence-corrected chi connectivity index (χ1v) is 6.48. The zero-order chi connectivity index (χ0) is 11.5. The Morgan fingerprint density at radius 3 is 2.33 bits per heavy atom. The fourth-order valence-corrected chi connectivity index (χ4v) is 2.74. The largest absolute Gasteiger partial charge is 0.329 e. The Kier molecular flexibility index (Phi) is 4.60. The second-order valence-corrected chi connectivity index (χ2v) is 5.48. The summed E-state index contributed by atoms with van der Waals surface area (Å²) in [5.41, 5.74) is 6.33. The molecule has 1 fully saturated rings. The van der Waals surface area contributed by atoms with Crippen LogP contribution in [-0.2, 0) is 0 Å². The summed E-state index contributed by atoms with van der Waals surface area (Å²) < 4.78 is 0. The van der Waals surface area contributed by atoms with E-state index < -0.39 is 0 Å². The van der Waals surface area contributed by atoms with Gasteiger partial charge in [0, 0.05) is 18.1 Å². The van der Waals surface area contributed by atoms with Crippen LogP contribution in [0.4, 0.5) is 0 Å². The lowest BCUT2D eigenvalue weighted by Gasteiger charge is -2.48. The third-order valence-corrected chi connectivity index (χ3v) is 4.59. The van der Waals surface area contributed by atoms with Gasteiger partial charge in [-0.15, -0.1) is 0 Å². The number of nitrogens with two attached hydrogens (primary N) is 1. The highest BCUT2D eigenvalue weighted by molar-refractivity contribution is 4.95. The molecule has 2 nitrogen and oxygen atoms in total.